The van der Waals surface area contributed by atoms with Crippen molar-refractivity contribution in [1.29, 1.82) is 0 Å². The number of rotatable bonds is 7. The van der Waals surface area contributed by atoms with E-state index in [2.05, 4.69) is 28.7 Å². The molecule has 0 radical (unpaired) electrons. The molecule has 0 spiro atoms. The lowest BCUT2D eigenvalue weighted by atomic mass is 9.86. The molecule has 0 fully saturated rings. The fourth-order valence-corrected chi connectivity index (χ4v) is 3.74. The van der Waals surface area contributed by atoms with E-state index < -0.39 is 17.5 Å². The number of fused-ring (bicyclic) bond motifs is 3. The second-order valence-corrected chi connectivity index (χ2v) is 7.88. The second kappa shape index (κ2) is 10.0. The van der Waals surface area contributed by atoms with E-state index in [0.29, 0.717) is 6.42 Å². The van der Waals surface area contributed by atoms with Crippen LogP contribution in [0.1, 0.15) is 37.3 Å². The van der Waals surface area contributed by atoms with Crippen molar-refractivity contribution >= 4 is 18.0 Å². The largest absolute Gasteiger partial charge is 0.472 e. The maximum absolute atomic E-state index is 12.5. The average Bonchev–Trinajstić information content (AvgIpc) is 3.12. The van der Waals surface area contributed by atoms with Gasteiger partial charge in [0.1, 0.15) is 6.61 Å². The highest BCUT2D eigenvalue weighted by Gasteiger charge is 2.32. The number of hydrogen-bond donors (Lipinski definition) is 3. The van der Waals surface area contributed by atoms with Crippen molar-refractivity contribution < 1.29 is 24.2 Å². The SMILES string of the molecule is CCC(C)(CNC(=O)OCC1c2ccccc2-c2ccccc21)C(=O)NCC#CC(=O)O. The molecule has 32 heavy (non-hydrogen) atoms. The molecule has 0 aromatic heterocycles. The summed E-state index contributed by atoms with van der Waals surface area (Å²) in [6.45, 7) is 3.75. The van der Waals surface area contributed by atoms with E-state index in [1.807, 2.05) is 49.2 Å². The predicted molar refractivity (Wildman–Crippen MR) is 120 cm³/mol. The standard InChI is InChI=1S/C25H26N2O5/c1-3-25(2,23(30)26-14-8-13-22(28)29)16-27-24(31)32-15-21-19-11-6-4-9-17(19)18-10-5-7-12-20(18)21/h4-7,9-12,21H,3,14-16H2,1-2H3,(H,26,30)(H,27,31)(H,28,29). The van der Waals surface area contributed by atoms with E-state index in [4.69, 9.17) is 9.84 Å². The first-order valence-electron chi connectivity index (χ1n) is 10.4. The minimum absolute atomic E-state index is 0.0400. The molecule has 1 aliphatic carbocycles. The summed E-state index contributed by atoms with van der Waals surface area (Å²) in [6, 6.07) is 16.2. The first-order chi connectivity index (χ1) is 15.4. The molecule has 3 rings (SSSR count). The molecule has 7 nitrogen and oxygen atoms in total. The van der Waals surface area contributed by atoms with Crippen LogP contribution >= 0.6 is 0 Å². The number of hydrogen-bond acceptors (Lipinski definition) is 4. The highest BCUT2D eigenvalue weighted by atomic mass is 16.5. The average molecular weight is 434 g/mol. The quantitative estimate of drug-likeness (QED) is 0.581. The molecule has 1 atom stereocenters. The second-order valence-electron chi connectivity index (χ2n) is 7.88. The summed E-state index contributed by atoms with van der Waals surface area (Å²) in [5.74, 6) is 2.68. The van der Waals surface area contributed by atoms with Gasteiger partial charge in [0.05, 0.1) is 12.0 Å². The van der Waals surface area contributed by atoms with Crippen LogP contribution in [0.4, 0.5) is 4.79 Å². The van der Waals surface area contributed by atoms with Crippen LogP contribution < -0.4 is 10.6 Å². The molecule has 3 N–H and O–H groups in total. The molecule has 166 valence electrons. The van der Waals surface area contributed by atoms with Crippen LogP contribution in [-0.4, -0.2) is 42.8 Å². The van der Waals surface area contributed by atoms with Gasteiger partial charge in [-0.3, -0.25) is 4.79 Å². The van der Waals surface area contributed by atoms with Gasteiger partial charge >= 0.3 is 12.1 Å². The summed E-state index contributed by atoms with van der Waals surface area (Å²) in [5.41, 5.74) is 3.68. The van der Waals surface area contributed by atoms with Gasteiger partial charge in [0.15, 0.2) is 0 Å². The smallest absolute Gasteiger partial charge is 0.407 e. The Morgan fingerprint density at radius 1 is 1.03 bits per heavy atom. The molecule has 0 aliphatic heterocycles. The van der Waals surface area contributed by atoms with Gasteiger partial charge in [-0.25, -0.2) is 9.59 Å². The maximum Gasteiger partial charge on any atom is 0.407 e. The Morgan fingerprint density at radius 2 is 1.62 bits per heavy atom. The molecule has 0 heterocycles. The number of alkyl carbamates (subject to hydrolysis) is 1. The van der Waals surface area contributed by atoms with Crippen molar-refractivity contribution in [2.45, 2.75) is 26.2 Å². The number of ether oxygens (including phenoxy) is 1. The molecule has 1 unspecified atom stereocenters. The zero-order valence-corrected chi connectivity index (χ0v) is 18.1. The number of carboxylic acids is 1. The fraction of sp³-hybridized carbons (Fsp3) is 0.320. The summed E-state index contributed by atoms with van der Waals surface area (Å²) >= 11 is 0. The zero-order valence-electron chi connectivity index (χ0n) is 18.1. The van der Waals surface area contributed by atoms with Gasteiger partial charge in [0.2, 0.25) is 5.91 Å². The zero-order chi connectivity index (χ0) is 23.1. The summed E-state index contributed by atoms with van der Waals surface area (Å²) in [5, 5.41) is 13.8. The third-order valence-electron chi connectivity index (χ3n) is 5.83. The van der Waals surface area contributed by atoms with E-state index in [-0.39, 0.29) is 31.5 Å². The monoisotopic (exact) mass is 434 g/mol. The minimum Gasteiger partial charge on any atom is -0.472 e. The van der Waals surface area contributed by atoms with E-state index in [1.165, 1.54) is 0 Å². The molecule has 0 bridgehead atoms. The van der Waals surface area contributed by atoms with Crippen LogP contribution in [0.15, 0.2) is 48.5 Å². The van der Waals surface area contributed by atoms with E-state index in [9.17, 15) is 14.4 Å². The van der Waals surface area contributed by atoms with E-state index in [0.717, 1.165) is 22.3 Å². The van der Waals surface area contributed by atoms with Crippen LogP contribution in [0.5, 0.6) is 0 Å². The number of nitrogens with one attached hydrogen (secondary N) is 2. The molecular weight excluding hydrogens is 408 g/mol. The number of benzene rings is 2. The van der Waals surface area contributed by atoms with E-state index >= 15 is 0 Å². The molecule has 0 saturated carbocycles. The van der Waals surface area contributed by atoms with Gasteiger partial charge in [-0.05, 0) is 35.6 Å². The Labute approximate surface area is 187 Å². The van der Waals surface area contributed by atoms with Gasteiger partial charge in [-0.15, -0.1) is 0 Å². The topological polar surface area (TPSA) is 105 Å². The Morgan fingerprint density at radius 3 is 2.19 bits per heavy atom. The molecule has 2 aromatic rings. The lowest BCUT2D eigenvalue weighted by Gasteiger charge is -2.26. The highest BCUT2D eigenvalue weighted by molar-refractivity contribution is 5.87. The highest BCUT2D eigenvalue weighted by Crippen LogP contribution is 2.44. The van der Waals surface area contributed by atoms with Crippen LogP contribution in [0, 0.1) is 17.3 Å². The first-order valence-corrected chi connectivity index (χ1v) is 10.4. The number of aliphatic carboxylic acids is 1. The molecule has 2 amide bonds. The molecule has 0 saturated heterocycles. The van der Waals surface area contributed by atoms with Crippen molar-refractivity contribution in [1.82, 2.24) is 10.6 Å². The van der Waals surface area contributed by atoms with Crippen molar-refractivity contribution in [3.63, 3.8) is 0 Å². The lowest BCUT2D eigenvalue weighted by Crippen LogP contribution is -2.46. The summed E-state index contributed by atoms with van der Waals surface area (Å²) in [6.07, 6.45) is -0.125. The van der Waals surface area contributed by atoms with Crippen LogP contribution in [-0.2, 0) is 14.3 Å². The van der Waals surface area contributed by atoms with Crippen molar-refractivity contribution in [2.75, 3.05) is 19.7 Å². The van der Waals surface area contributed by atoms with E-state index in [1.54, 1.807) is 6.92 Å². The molecule has 7 heteroatoms. The maximum atomic E-state index is 12.5. The van der Waals surface area contributed by atoms with Crippen LogP contribution in [0.2, 0.25) is 0 Å². The van der Waals surface area contributed by atoms with Crippen molar-refractivity contribution in [3.8, 4) is 23.0 Å². The summed E-state index contributed by atoms with van der Waals surface area (Å²) < 4.78 is 5.51. The first kappa shape index (κ1) is 22.9. The van der Waals surface area contributed by atoms with Crippen LogP contribution in [0.25, 0.3) is 11.1 Å². The van der Waals surface area contributed by atoms with Crippen molar-refractivity contribution in [2.24, 2.45) is 5.41 Å². The van der Waals surface area contributed by atoms with Gasteiger partial charge in [0.25, 0.3) is 0 Å². The number of carbonyl (C=O) groups excluding carboxylic acids is 2. The summed E-state index contributed by atoms with van der Waals surface area (Å²) in [7, 11) is 0. The Balaban J connectivity index is 1.56. The number of carbonyl (C=O) groups is 3. The minimum atomic E-state index is -1.26. The fourth-order valence-electron chi connectivity index (χ4n) is 3.74. The molecule has 1 aliphatic rings. The Bertz CT molecular complexity index is 1040. The Kier molecular flexibility index (Phi) is 7.16. The summed E-state index contributed by atoms with van der Waals surface area (Å²) in [4.78, 5) is 35.3. The lowest BCUT2D eigenvalue weighted by molar-refractivity contribution is -0.131. The van der Waals surface area contributed by atoms with Crippen LogP contribution in [0.3, 0.4) is 0 Å². The van der Waals surface area contributed by atoms with Gasteiger partial charge < -0.3 is 20.5 Å². The number of carboxylic acid groups (broad SMARTS) is 1. The third kappa shape index (κ3) is 5.09. The predicted octanol–water partition coefficient (Wildman–Crippen LogP) is 3.15. The van der Waals surface area contributed by atoms with Gasteiger partial charge in [-0.2, -0.15) is 0 Å². The van der Waals surface area contributed by atoms with Gasteiger partial charge in [-0.1, -0.05) is 61.4 Å². The molecular formula is C25H26N2O5. The molecule has 2 aromatic carbocycles. The van der Waals surface area contributed by atoms with Gasteiger partial charge in [0, 0.05) is 18.4 Å². The number of amides is 2. The third-order valence-corrected chi connectivity index (χ3v) is 5.83. The Hall–Kier alpha value is -3.79. The normalized spacial score (nSPS) is 13.6. The van der Waals surface area contributed by atoms with Crippen molar-refractivity contribution in [3.05, 3.63) is 59.7 Å².